The van der Waals surface area contributed by atoms with Crippen LogP contribution in [0.1, 0.15) is 44.7 Å². The van der Waals surface area contributed by atoms with Gasteiger partial charge in [-0.25, -0.2) is 13.1 Å². The summed E-state index contributed by atoms with van der Waals surface area (Å²) in [5.74, 6) is 0. The molecule has 112 valence electrons. The van der Waals surface area contributed by atoms with Gasteiger partial charge in [-0.05, 0) is 63.8 Å². The van der Waals surface area contributed by atoms with Crippen molar-refractivity contribution in [2.24, 2.45) is 0 Å². The summed E-state index contributed by atoms with van der Waals surface area (Å²) in [5.41, 5.74) is 1.69. The van der Waals surface area contributed by atoms with Crippen LogP contribution in [0.4, 0.5) is 0 Å². The predicted molar refractivity (Wildman–Crippen MR) is 81.1 cm³/mol. The Balaban J connectivity index is 2.20. The van der Waals surface area contributed by atoms with E-state index in [0.29, 0.717) is 10.9 Å². The third kappa shape index (κ3) is 4.30. The maximum atomic E-state index is 12.3. The van der Waals surface area contributed by atoms with Crippen molar-refractivity contribution >= 4 is 10.0 Å². The van der Waals surface area contributed by atoms with Crippen molar-refractivity contribution in [2.45, 2.75) is 63.6 Å². The zero-order valence-electron chi connectivity index (χ0n) is 12.7. The standard InChI is InChI=1S/C15H24N2O2S/c1-11-5-8-14(20(18,19)17-15(2,3)4)9-12(11)10-16-13-6-7-13/h5,8-9,13,16-17H,6-7,10H2,1-4H3. The summed E-state index contributed by atoms with van der Waals surface area (Å²) in [6.45, 7) is 8.27. The molecular formula is C15H24N2O2S. The highest BCUT2D eigenvalue weighted by Gasteiger charge is 2.23. The Morgan fingerprint density at radius 1 is 1.25 bits per heavy atom. The van der Waals surface area contributed by atoms with Crippen LogP contribution in [0.5, 0.6) is 0 Å². The molecule has 2 N–H and O–H groups in total. The van der Waals surface area contributed by atoms with Gasteiger partial charge in [0, 0.05) is 18.1 Å². The molecule has 1 fully saturated rings. The van der Waals surface area contributed by atoms with Crippen LogP contribution in [0, 0.1) is 6.92 Å². The fourth-order valence-corrected chi connectivity index (χ4v) is 3.48. The maximum absolute atomic E-state index is 12.3. The van der Waals surface area contributed by atoms with E-state index < -0.39 is 15.6 Å². The van der Waals surface area contributed by atoms with Crippen molar-refractivity contribution < 1.29 is 8.42 Å². The van der Waals surface area contributed by atoms with Crippen molar-refractivity contribution in [1.82, 2.24) is 10.0 Å². The summed E-state index contributed by atoms with van der Waals surface area (Å²) >= 11 is 0. The highest BCUT2D eigenvalue weighted by molar-refractivity contribution is 7.89. The molecule has 0 aliphatic heterocycles. The molecular weight excluding hydrogens is 272 g/mol. The molecule has 0 atom stereocenters. The van der Waals surface area contributed by atoms with Gasteiger partial charge in [0.2, 0.25) is 10.0 Å². The van der Waals surface area contributed by atoms with E-state index in [9.17, 15) is 8.42 Å². The molecule has 0 radical (unpaired) electrons. The lowest BCUT2D eigenvalue weighted by Gasteiger charge is -2.21. The number of aryl methyl sites for hydroxylation is 1. The second kappa shape index (κ2) is 5.47. The van der Waals surface area contributed by atoms with Gasteiger partial charge in [0.1, 0.15) is 0 Å². The third-order valence-electron chi connectivity index (χ3n) is 3.23. The van der Waals surface area contributed by atoms with Gasteiger partial charge >= 0.3 is 0 Å². The van der Waals surface area contributed by atoms with Crippen LogP contribution in [-0.2, 0) is 16.6 Å². The highest BCUT2D eigenvalue weighted by Crippen LogP contribution is 2.21. The Bertz CT molecular complexity index is 584. The molecule has 0 heterocycles. The van der Waals surface area contributed by atoms with Crippen molar-refractivity contribution in [2.75, 3.05) is 0 Å². The van der Waals surface area contributed by atoms with Gasteiger partial charge in [-0.3, -0.25) is 0 Å². The minimum Gasteiger partial charge on any atom is -0.310 e. The summed E-state index contributed by atoms with van der Waals surface area (Å²) in [4.78, 5) is 0.339. The average molecular weight is 296 g/mol. The van der Waals surface area contributed by atoms with Crippen LogP contribution in [0.15, 0.2) is 23.1 Å². The number of sulfonamides is 1. The number of rotatable bonds is 5. The van der Waals surface area contributed by atoms with Crippen LogP contribution >= 0.6 is 0 Å². The summed E-state index contributed by atoms with van der Waals surface area (Å²) in [7, 11) is -3.46. The second-order valence-electron chi connectivity index (χ2n) is 6.60. The van der Waals surface area contributed by atoms with E-state index in [0.717, 1.165) is 17.7 Å². The molecule has 1 aromatic carbocycles. The maximum Gasteiger partial charge on any atom is 0.241 e. The number of hydrogen-bond donors (Lipinski definition) is 2. The first kappa shape index (κ1) is 15.5. The smallest absolute Gasteiger partial charge is 0.241 e. The van der Waals surface area contributed by atoms with Gasteiger partial charge in [0.15, 0.2) is 0 Å². The normalized spacial score (nSPS) is 16.4. The molecule has 0 unspecified atom stereocenters. The molecule has 2 rings (SSSR count). The third-order valence-corrected chi connectivity index (χ3v) is 4.99. The van der Waals surface area contributed by atoms with E-state index in [1.165, 1.54) is 12.8 Å². The first-order valence-corrected chi connectivity index (χ1v) is 8.53. The highest BCUT2D eigenvalue weighted by atomic mass is 32.2. The number of nitrogens with one attached hydrogen (secondary N) is 2. The van der Waals surface area contributed by atoms with Crippen LogP contribution in [0.25, 0.3) is 0 Å². The molecule has 1 saturated carbocycles. The lowest BCUT2D eigenvalue weighted by molar-refractivity contribution is 0.491. The van der Waals surface area contributed by atoms with E-state index in [1.54, 1.807) is 12.1 Å². The van der Waals surface area contributed by atoms with Gasteiger partial charge in [0.05, 0.1) is 4.90 Å². The average Bonchev–Trinajstić information content (AvgIpc) is 3.08. The fourth-order valence-electron chi connectivity index (χ4n) is 2.01. The van der Waals surface area contributed by atoms with Crippen LogP contribution in [0.2, 0.25) is 0 Å². The molecule has 20 heavy (non-hydrogen) atoms. The van der Waals surface area contributed by atoms with Crippen molar-refractivity contribution in [1.29, 1.82) is 0 Å². The Morgan fingerprint density at radius 3 is 2.45 bits per heavy atom. The Hall–Kier alpha value is -0.910. The monoisotopic (exact) mass is 296 g/mol. The molecule has 4 nitrogen and oxygen atoms in total. The molecule has 5 heteroatoms. The van der Waals surface area contributed by atoms with E-state index in [2.05, 4.69) is 10.0 Å². The first-order valence-electron chi connectivity index (χ1n) is 7.04. The summed E-state index contributed by atoms with van der Waals surface area (Å²) in [6.07, 6.45) is 2.45. The zero-order chi connectivity index (χ0) is 15.0. The molecule has 0 amide bonds. The molecule has 1 aliphatic rings. The lowest BCUT2D eigenvalue weighted by atomic mass is 10.1. The van der Waals surface area contributed by atoms with Crippen molar-refractivity contribution in [3.8, 4) is 0 Å². The SMILES string of the molecule is Cc1ccc(S(=O)(=O)NC(C)(C)C)cc1CNC1CC1. The fraction of sp³-hybridized carbons (Fsp3) is 0.600. The summed E-state index contributed by atoms with van der Waals surface area (Å²) in [6, 6.07) is 5.94. The van der Waals surface area contributed by atoms with Gasteiger partial charge in [0.25, 0.3) is 0 Å². The van der Waals surface area contributed by atoms with Gasteiger partial charge in [-0.2, -0.15) is 0 Å². The van der Waals surface area contributed by atoms with E-state index in [1.807, 2.05) is 33.8 Å². The summed E-state index contributed by atoms with van der Waals surface area (Å²) in [5, 5.41) is 3.43. The zero-order valence-corrected chi connectivity index (χ0v) is 13.5. The van der Waals surface area contributed by atoms with E-state index >= 15 is 0 Å². The van der Waals surface area contributed by atoms with Crippen LogP contribution < -0.4 is 10.0 Å². The first-order chi connectivity index (χ1) is 9.17. The summed E-state index contributed by atoms with van der Waals surface area (Å²) < 4.78 is 27.3. The van der Waals surface area contributed by atoms with Gasteiger partial charge < -0.3 is 5.32 Å². The molecule has 1 aliphatic carbocycles. The van der Waals surface area contributed by atoms with Gasteiger partial charge in [-0.1, -0.05) is 6.07 Å². The predicted octanol–water partition coefficient (Wildman–Crippen LogP) is 2.32. The molecule has 0 aromatic heterocycles. The Labute approximate surface area is 122 Å². The molecule has 0 bridgehead atoms. The topological polar surface area (TPSA) is 58.2 Å². The quantitative estimate of drug-likeness (QED) is 0.876. The van der Waals surface area contributed by atoms with Gasteiger partial charge in [-0.15, -0.1) is 0 Å². The largest absolute Gasteiger partial charge is 0.310 e. The second-order valence-corrected chi connectivity index (χ2v) is 8.28. The van der Waals surface area contributed by atoms with E-state index in [4.69, 9.17) is 0 Å². The van der Waals surface area contributed by atoms with E-state index in [-0.39, 0.29) is 0 Å². The Morgan fingerprint density at radius 2 is 1.90 bits per heavy atom. The van der Waals surface area contributed by atoms with Crippen LogP contribution in [-0.4, -0.2) is 20.0 Å². The lowest BCUT2D eigenvalue weighted by Crippen LogP contribution is -2.40. The molecule has 0 saturated heterocycles. The minimum absolute atomic E-state index is 0.339. The molecule has 0 spiro atoms. The Kier molecular flexibility index (Phi) is 4.23. The van der Waals surface area contributed by atoms with Crippen LogP contribution in [0.3, 0.4) is 0 Å². The number of benzene rings is 1. The van der Waals surface area contributed by atoms with Crippen molar-refractivity contribution in [3.05, 3.63) is 29.3 Å². The number of hydrogen-bond acceptors (Lipinski definition) is 3. The minimum atomic E-state index is -3.46. The van der Waals surface area contributed by atoms with Crippen molar-refractivity contribution in [3.63, 3.8) is 0 Å². The molecule has 1 aromatic rings.